The third kappa shape index (κ3) is 7.12. The van der Waals surface area contributed by atoms with E-state index in [0.717, 1.165) is 36.6 Å². The summed E-state index contributed by atoms with van der Waals surface area (Å²) in [6.45, 7) is 11.3. The van der Waals surface area contributed by atoms with Gasteiger partial charge in [-0.1, -0.05) is 28.1 Å². The Morgan fingerprint density at radius 2 is 1.50 bits per heavy atom. The molecule has 2 saturated carbocycles. The molecule has 32 heavy (non-hydrogen) atoms. The first kappa shape index (κ1) is 24.9. The molecule has 3 rings (SSSR count). The molecular formula is C25H37BrN2O4. The second-order valence-electron chi connectivity index (χ2n) is 11.0. The van der Waals surface area contributed by atoms with Gasteiger partial charge in [0.05, 0.1) is 0 Å². The van der Waals surface area contributed by atoms with Crippen molar-refractivity contribution in [2.24, 2.45) is 0 Å². The molecule has 7 heteroatoms. The molecule has 0 unspecified atom stereocenters. The quantitative estimate of drug-likeness (QED) is 0.512. The van der Waals surface area contributed by atoms with Gasteiger partial charge in [-0.25, -0.2) is 9.59 Å². The third-order valence-corrected chi connectivity index (χ3v) is 6.36. The van der Waals surface area contributed by atoms with Crippen LogP contribution in [0.4, 0.5) is 9.59 Å². The zero-order chi connectivity index (χ0) is 23.7. The largest absolute Gasteiger partial charge is 0.444 e. The van der Waals surface area contributed by atoms with Crippen molar-refractivity contribution < 1.29 is 19.1 Å². The lowest BCUT2D eigenvalue weighted by atomic mass is 9.90. The van der Waals surface area contributed by atoms with E-state index in [2.05, 4.69) is 45.5 Å². The van der Waals surface area contributed by atoms with E-state index in [1.54, 1.807) is 0 Å². The first-order valence-electron chi connectivity index (χ1n) is 11.6. The number of carbonyl (C=O) groups excluding carboxylic acids is 2. The predicted molar refractivity (Wildman–Crippen MR) is 129 cm³/mol. The van der Waals surface area contributed by atoms with E-state index >= 15 is 0 Å². The third-order valence-electron chi connectivity index (χ3n) is 5.83. The number of alkyl carbamates (subject to hydrolysis) is 1. The Hall–Kier alpha value is -1.76. The molecule has 0 aromatic heterocycles. The summed E-state index contributed by atoms with van der Waals surface area (Å²) >= 11 is 3.49. The van der Waals surface area contributed by atoms with Crippen molar-refractivity contribution in [3.8, 4) is 0 Å². The number of hydrogen-bond donors (Lipinski definition) is 1. The normalized spacial score (nSPS) is 25.6. The van der Waals surface area contributed by atoms with Gasteiger partial charge >= 0.3 is 12.2 Å². The van der Waals surface area contributed by atoms with Gasteiger partial charge in [0.1, 0.15) is 11.2 Å². The molecule has 2 amide bonds. The lowest BCUT2D eigenvalue weighted by molar-refractivity contribution is 0.00744. The molecule has 178 valence electrons. The van der Waals surface area contributed by atoms with Crippen LogP contribution in [-0.4, -0.2) is 46.4 Å². The van der Waals surface area contributed by atoms with Crippen LogP contribution in [0, 0.1) is 0 Å². The molecule has 0 radical (unpaired) electrons. The highest BCUT2D eigenvalue weighted by molar-refractivity contribution is 9.10. The Labute approximate surface area is 200 Å². The summed E-state index contributed by atoms with van der Waals surface area (Å²) in [4.78, 5) is 27.3. The fraction of sp³-hybridized carbons (Fsp3) is 0.680. The molecule has 2 aliphatic carbocycles. The molecular weight excluding hydrogens is 472 g/mol. The average Bonchev–Trinajstić information content (AvgIpc) is 3.41. The summed E-state index contributed by atoms with van der Waals surface area (Å²) < 4.78 is 12.2. The van der Waals surface area contributed by atoms with E-state index < -0.39 is 11.2 Å². The number of rotatable bonds is 4. The van der Waals surface area contributed by atoms with Crippen molar-refractivity contribution in [1.29, 1.82) is 0 Å². The molecule has 2 atom stereocenters. The van der Waals surface area contributed by atoms with E-state index in [4.69, 9.17) is 9.47 Å². The molecule has 0 heterocycles. The van der Waals surface area contributed by atoms with Crippen molar-refractivity contribution in [2.45, 2.75) is 109 Å². The number of amides is 2. The van der Waals surface area contributed by atoms with Crippen molar-refractivity contribution in [1.82, 2.24) is 10.2 Å². The van der Waals surface area contributed by atoms with Gasteiger partial charge in [-0.2, -0.15) is 0 Å². The van der Waals surface area contributed by atoms with E-state index in [1.807, 2.05) is 46.4 Å². The second kappa shape index (κ2) is 9.62. The zero-order valence-corrected chi connectivity index (χ0v) is 21.7. The minimum absolute atomic E-state index is 0.0723. The van der Waals surface area contributed by atoms with Gasteiger partial charge in [0.15, 0.2) is 0 Å². The van der Waals surface area contributed by atoms with Crippen molar-refractivity contribution in [3.63, 3.8) is 0 Å². The van der Waals surface area contributed by atoms with Crippen LogP contribution in [-0.2, 0) is 9.47 Å². The maximum Gasteiger partial charge on any atom is 0.410 e. The molecule has 0 spiro atoms. The van der Waals surface area contributed by atoms with Gasteiger partial charge in [0.2, 0.25) is 0 Å². The van der Waals surface area contributed by atoms with Crippen LogP contribution < -0.4 is 5.32 Å². The van der Waals surface area contributed by atoms with Gasteiger partial charge in [0.25, 0.3) is 0 Å². The molecule has 2 aliphatic rings. The maximum absolute atomic E-state index is 13.2. The first-order chi connectivity index (χ1) is 14.8. The van der Waals surface area contributed by atoms with E-state index in [0.29, 0.717) is 5.92 Å². The highest BCUT2D eigenvalue weighted by Gasteiger charge is 2.49. The van der Waals surface area contributed by atoms with Gasteiger partial charge < -0.3 is 19.7 Å². The average molecular weight is 509 g/mol. The van der Waals surface area contributed by atoms with Crippen molar-refractivity contribution in [3.05, 3.63) is 34.3 Å². The molecule has 1 N–H and O–H groups in total. The standard InChI is InChI=1S/C25H37BrN2O4/c1-24(2,3)31-22(29)27-18-11-13-19(14-12-18)28(23(30)32-25(4,5)6)21-15-20(21)16-7-9-17(26)10-8-16/h7-10,18-21H,11-15H2,1-6H3,(H,27,29)/t18?,19?,20-,21+/m1/s1. The number of benzene rings is 1. The summed E-state index contributed by atoms with van der Waals surface area (Å²) in [5, 5.41) is 2.99. The van der Waals surface area contributed by atoms with E-state index in [-0.39, 0.29) is 30.3 Å². The Morgan fingerprint density at radius 1 is 0.938 bits per heavy atom. The topological polar surface area (TPSA) is 67.9 Å². The lowest BCUT2D eigenvalue weighted by Crippen LogP contribution is -2.49. The van der Waals surface area contributed by atoms with Gasteiger partial charge in [-0.3, -0.25) is 0 Å². The smallest absolute Gasteiger partial charge is 0.410 e. The Balaban J connectivity index is 1.64. The van der Waals surface area contributed by atoms with Crippen molar-refractivity contribution >= 4 is 28.1 Å². The van der Waals surface area contributed by atoms with Crippen LogP contribution >= 0.6 is 15.9 Å². The van der Waals surface area contributed by atoms with Crippen molar-refractivity contribution in [2.75, 3.05) is 0 Å². The number of nitrogens with one attached hydrogen (secondary N) is 1. The number of ether oxygens (including phenoxy) is 2. The van der Waals surface area contributed by atoms with Crippen LogP contribution in [0.25, 0.3) is 0 Å². The summed E-state index contributed by atoms with van der Waals surface area (Å²) in [5.74, 6) is 0.341. The SMILES string of the molecule is CC(C)(C)OC(=O)NC1CCC(N(C(=O)OC(C)(C)C)[C@H]2C[C@@H]2c2ccc(Br)cc2)CC1. The molecule has 2 fully saturated rings. The highest BCUT2D eigenvalue weighted by atomic mass is 79.9. The van der Waals surface area contributed by atoms with Crippen LogP contribution in [0.1, 0.15) is 85.1 Å². The van der Waals surface area contributed by atoms with Gasteiger partial charge in [-0.05, 0) is 91.3 Å². The lowest BCUT2D eigenvalue weighted by Gasteiger charge is -2.38. The minimum atomic E-state index is -0.535. The molecule has 0 bridgehead atoms. The fourth-order valence-corrected chi connectivity index (χ4v) is 4.66. The van der Waals surface area contributed by atoms with E-state index in [9.17, 15) is 9.59 Å². The van der Waals surface area contributed by atoms with Crippen LogP contribution in [0.2, 0.25) is 0 Å². The summed E-state index contributed by atoms with van der Waals surface area (Å²) in [6, 6.07) is 8.71. The summed E-state index contributed by atoms with van der Waals surface area (Å²) in [7, 11) is 0. The van der Waals surface area contributed by atoms with E-state index in [1.165, 1.54) is 5.56 Å². The molecule has 0 saturated heterocycles. The predicted octanol–water partition coefficient (Wildman–Crippen LogP) is 6.38. The number of carbonyl (C=O) groups is 2. The minimum Gasteiger partial charge on any atom is -0.444 e. The molecule has 0 aliphatic heterocycles. The summed E-state index contributed by atoms with van der Waals surface area (Å²) in [6.07, 6.45) is 3.66. The maximum atomic E-state index is 13.2. The van der Waals surface area contributed by atoms with Gasteiger partial charge in [0, 0.05) is 28.5 Å². The monoisotopic (exact) mass is 508 g/mol. The fourth-order valence-electron chi connectivity index (χ4n) is 4.40. The Kier molecular flexibility index (Phi) is 7.48. The van der Waals surface area contributed by atoms with Crippen LogP contribution in [0.15, 0.2) is 28.7 Å². The van der Waals surface area contributed by atoms with Crippen LogP contribution in [0.5, 0.6) is 0 Å². The Bertz CT molecular complexity index is 805. The molecule has 1 aromatic carbocycles. The number of halogens is 1. The number of hydrogen-bond acceptors (Lipinski definition) is 4. The first-order valence-corrected chi connectivity index (χ1v) is 12.4. The summed E-state index contributed by atoms with van der Waals surface area (Å²) in [5.41, 5.74) is 0.210. The Morgan fingerprint density at radius 3 is 2.03 bits per heavy atom. The molecule has 1 aromatic rings. The van der Waals surface area contributed by atoms with Gasteiger partial charge in [-0.15, -0.1) is 0 Å². The number of nitrogens with zero attached hydrogens (tertiary/aromatic N) is 1. The molecule has 6 nitrogen and oxygen atoms in total. The van der Waals surface area contributed by atoms with Crippen LogP contribution in [0.3, 0.4) is 0 Å². The zero-order valence-electron chi connectivity index (χ0n) is 20.1. The second-order valence-corrected chi connectivity index (χ2v) is 11.9. The highest BCUT2D eigenvalue weighted by Crippen LogP contribution is 2.47.